The minimum absolute atomic E-state index is 0.0500. The van der Waals surface area contributed by atoms with Crippen LogP contribution in [0.2, 0.25) is 5.02 Å². The lowest BCUT2D eigenvalue weighted by Crippen LogP contribution is -2.15. The van der Waals surface area contributed by atoms with E-state index in [2.05, 4.69) is 0 Å². The molecule has 2 aliphatic carbocycles. The van der Waals surface area contributed by atoms with Crippen molar-refractivity contribution in [1.82, 2.24) is 0 Å². The summed E-state index contributed by atoms with van der Waals surface area (Å²) in [5.41, 5.74) is 0. The van der Waals surface area contributed by atoms with Gasteiger partial charge in [0.15, 0.2) is 0 Å². The van der Waals surface area contributed by atoms with E-state index in [4.69, 9.17) is 16.3 Å². The lowest BCUT2D eigenvalue weighted by atomic mass is 10.0. The molecule has 0 heterocycles. The summed E-state index contributed by atoms with van der Waals surface area (Å²) < 4.78 is 44.5. The average Bonchev–Trinajstić information content (AvgIpc) is 2.72. The van der Waals surface area contributed by atoms with Gasteiger partial charge in [0, 0.05) is 11.8 Å². The number of benzene rings is 1. The van der Waals surface area contributed by atoms with Crippen LogP contribution in [0.1, 0.15) is 12.8 Å². The summed E-state index contributed by atoms with van der Waals surface area (Å²) in [5, 5.41) is -0.0500. The van der Waals surface area contributed by atoms with Crippen molar-refractivity contribution in [1.29, 1.82) is 0 Å². The van der Waals surface area contributed by atoms with Gasteiger partial charge in [-0.2, -0.15) is 0 Å². The number of fused-ring (bicyclic) bond motifs is 1. The summed E-state index contributed by atoms with van der Waals surface area (Å²) in [7, 11) is 0. The Hall–Kier alpha value is -0.900. The highest BCUT2D eigenvalue weighted by atomic mass is 35.5. The second-order valence-electron chi connectivity index (χ2n) is 5.09. The molecule has 0 bridgehead atoms. The van der Waals surface area contributed by atoms with E-state index in [1.54, 1.807) is 6.07 Å². The SMILES string of the molecule is Fc1cccc(OCC2CC3C(C2)C3(F)F)c1Cl. The van der Waals surface area contributed by atoms with Crippen molar-refractivity contribution < 1.29 is 17.9 Å². The minimum Gasteiger partial charge on any atom is -0.492 e. The van der Waals surface area contributed by atoms with Crippen molar-refractivity contribution in [2.24, 2.45) is 17.8 Å². The van der Waals surface area contributed by atoms with Crippen LogP contribution in [0.25, 0.3) is 0 Å². The Morgan fingerprint density at radius 3 is 2.61 bits per heavy atom. The molecule has 5 heteroatoms. The van der Waals surface area contributed by atoms with Crippen molar-refractivity contribution in [2.45, 2.75) is 18.8 Å². The maximum Gasteiger partial charge on any atom is 0.254 e. The largest absolute Gasteiger partial charge is 0.492 e. The number of ether oxygens (including phenoxy) is 1. The molecule has 0 saturated heterocycles. The number of hydrogen-bond acceptors (Lipinski definition) is 1. The Morgan fingerprint density at radius 1 is 1.28 bits per heavy atom. The Morgan fingerprint density at radius 2 is 1.94 bits per heavy atom. The third-order valence-corrected chi connectivity index (χ3v) is 4.30. The van der Waals surface area contributed by atoms with Gasteiger partial charge in [-0.25, -0.2) is 13.2 Å². The Bertz CT molecular complexity index is 463. The van der Waals surface area contributed by atoms with Crippen LogP contribution in [-0.4, -0.2) is 12.5 Å². The summed E-state index contributed by atoms with van der Waals surface area (Å²) >= 11 is 5.74. The molecule has 18 heavy (non-hydrogen) atoms. The normalized spacial score (nSPS) is 32.1. The second kappa shape index (κ2) is 4.05. The average molecular weight is 277 g/mol. The van der Waals surface area contributed by atoms with E-state index in [1.165, 1.54) is 12.1 Å². The van der Waals surface area contributed by atoms with Crippen molar-refractivity contribution in [3.63, 3.8) is 0 Å². The van der Waals surface area contributed by atoms with Crippen LogP contribution in [0, 0.1) is 23.6 Å². The highest BCUT2D eigenvalue weighted by molar-refractivity contribution is 6.32. The molecule has 0 amide bonds. The fraction of sp³-hybridized carbons (Fsp3) is 0.538. The van der Waals surface area contributed by atoms with Gasteiger partial charge in [0.25, 0.3) is 5.92 Å². The number of rotatable bonds is 3. The topological polar surface area (TPSA) is 9.23 Å². The molecule has 1 nitrogen and oxygen atoms in total. The van der Waals surface area contributed by atoms with Gasteiger partial charge in [-0.3, -0.25) is 0 Å². The van der Waals surface area contributed by atoms with Crippen LogP contribution in [0.15, 0.2) is 18.2 Å². The quantitative estimate of drug-likeness (QED) is 0.806. The maximum absolute atomic E-state index is 13.1. The standard InChI is InChI=1S/C13H12ClF3O/c14-12-10(15)2-1-3-11(12)18-6-7-4-8-9(5-7)13(8,16)17/h1-3,7-9H,4-6H2. The first-order chi connectivity index (χ1) is 8.50. The van der Waals surface area contributed by atoms with E-state index in [0.29, 0.717) is 19.4 Å². The second-order valence-corrected chi connectivity index (χ2v) is 5.47. The van der Waals surface area contributed by atoms with Crippen LogP contribution in [-0.2, 0) is 0 Å². The predicted molar refractivity (Wildman–Crippen MR) is 61.6 cm³/mol. The maximum atomic E-state index is 13.1. The van der Waals surface area contributed by atoms with Gasteiger partial charge >= 0.3 is 0 Å². The van der Waals surface area contributed by atoms with Gasteiger partial charge in [0.1, 0.15) is 16.6 Å². The molecular weight excluding hydrogens is 265 g/mol. The first kappa shape index (κ1) is 12.2. The molecule has 98 valence electrons. The summed E-state index contributed by atoms with van der Waals surface area (Å²) in [6.07, 6.45) is 0.981. The Kier molecular flexibility index (Phi) is 2.73. The van der Waals surface area contributed by atoms with Crippen molar-refractivity contribution in [2.75, 3.05) is 6.61 Å². The number of hydrogen-bond donors (Lipinski definition) is 0. The molecule has 0 aromatic heterocycles. The smallest absolute Gasteiger partial charge is 0.254 e. The summed E-state index contributed by atoms with van der Waals surface area (Å²) in [4.78, 5) is 0. The van der Waals surface area contributed by atoms with E-state index < -0.39 is 23.6 Å². The number of halogens is 4. The molecule has 3 rings (SSSR count). The third kappa shape index (κ3) is 1.87. The molecule has 0 N–H and O–H groups in total. The van der Waals surface area contributed by atoms with Crippen LogP contribution < -0.4 is 4.74 Å². The molecule has 2 unspecified atom stereocenters. The Labute approximate surface area is 108 Å². The molecule has 0 aliphatic heterocycles. The fourth-order valence-corrected chi connectivity index (χ4v) is 3.04. The van der Waals surface area contributed by atoms with Gasteiger partial charge in [-0.1, -0.05) is 17.7 Å². The molecule has 2 atom stereocenters. The molecular formula is C13H12ClF3O. The van der Waals surface area contributed by atoms with Crippen LogP contribution >= 0.6 is 11.6 Å². The summed E-state index contributed by atoms with van der Waals surface area (Å²) in [5.74, 6) is -3.51. The molecule has 0 radical (unpaired) electrons. The van der Waals surface area contributed by atoms with Gasteiger partial charge < -0.3 is 4.74 Å². The van der Waals surface area contributed by atoms with E-state index in [0.717, 1.165) is 0 Å². The van der Waals surface area contributed by atoms with Crippen LogP contribution in [0.3, 0.4) is 0 Å². The zero-order chi connectivity index (χ0) is 12.9. The minimum atomic E-state index is -2.45. The molecule has 2 saturated carbocycles. The summed E-state index contributed by atoms with van der Waals surface area (Å²) in [6.45, 7) is 0.326. The fourth-order valence-electron chi connectivity index (χ4n) is 2.86. The van der Waals surface area contributed by atoms with Gasteiger partial charge in [0.05, 0.1) is 6.61 Å². The third-order valence-electron chi connectivity index (χ3n) is 3.93. The summed E-state index contributed by atoms with van der Waals surface area (Å²) in [6, 6.07) is 4.34. The van der Waals surface area contributed by atoms with Gasteiger partial charge in [0.2, 0.25) is 0 Å². The molecule has 2 aliphatic rings. The number of alkyl halides is 2. The monoisotopic (exact) mass is 276 g/mol. The zero-order valence-corrected chi connectivity index (χ0v) is 10.3. The van der Waals surface area contributed by atoms with Crippen molar-refractivity contribution in [3.8, 4) is 5.75 Å². The molecule has 2 fully saturated rings. The lowest BCUT2D eigenvalue weighted by molar-refractivity contribution is 0.0580. The first-order valence-corrected chi connectivity index (χ1v) is 6.32. The van der Waals surface area contributed by atoms with Crippen LogP contribution in [0.4, 0.5) is 13.2 Å². The van der Waals surface area contributed by atoms with Crippen molar-refractivity contribution >= 4 is 11.6 Å². The zero-order valence-electron chi connectivity index (χ0n) is 9.51. The predicted octanol–water partition coefficient (Wildman–Crippen LogP) is 4.15. The first-order valence-electron chi connectivity index (χ1n) is 5.94. The molecule has 1 aromatic carbocycles. The van der Waals surface area contributed by atoms with Crippen molar-refractivity contribution in [3.05, 3.63) is 29.0 Å². The van der Waals surface area contributed by atoms with E-state index in [1.807, 2.05) is 0 Å². The van der Waals surface area contributed by atoms with E-state index >= 15 is 0 Å². The molecule has 1 aromatic rings. The molecule has 0 spiro atoms. The van der Waals surface area contributed by atoms with E-state index in [9.17, 15) is 13.2 Å². The highest BCUT2D eigenvalue weighted by Crippen LogP contribution is 2.65. The van der Waals surface area contributed by atoms with Gasteiger partial charge in [-0.15, -0.1) is 0 Å². The Balaban J connectivity index is 1.56. The van der Waals surface area contributed by atoms with Gasteiger partial charge in [-0.05, 0) is 30.9 Å². The lowest BCUT2D eigenvalue weighted by Gasteiger charge is -2.15. The highest BCUT2D eigenvalue weighted by Gasteiger charge is 2.71. The van der Waals surface area contributed by atoms with E-state index in [-0.39, 0.29) is 16.7 Å². The van der Waals surface area contributed by atoms with Crippen LogP contribution in [0.5, 0.6) is 5.75 Å².